The van der Waals surface area contributed by atoms with Crippen molar-refractivity contribution in [3.05, 3.63) is 72.9 Å². The van der Waals surface area contributed by atoms with Crippen molar-refractivity contribution in [2.24, 2.45) is 0 Å². The van der Waals surface area contributed by atoms with Crippen molar-refractivity contribution in [2.45, 2.75) is 322 Å². The standard InChI is InChI=1S/C67H118O6/c1-4-7-10-13-16-19-22-25-28-31-32-33-34-37-39-42-45-48-51-54-57-60-66(69)72-63-64(73-67(70)61-58-55-52-49-46-43-40-36-30-27-24-21-18-15-12-9-6-3)62-71-65(68)59-56-53-50-47-44-41-38-35-29-26-23-20-17-14-11-8-5-2/h9,12,18,21,25,27-28,30,40,43,49,52,64H,4-8,10-11,13-17,19-20,22-24,26,29,31-39,41-42,44-48,50-51,53-63H2,1-3H3/b12-9-,21-18-,28-25-,30-27-,43-40-,52-49-/t64-/m0/s1. The van der Waals surface area contributed by atoms with Gasteiger partial charge in [-0.15, -0.1) is 0 Å². The van der Waals surface area contributed by atoms with E-state index in [0.29, 0.717) is 19.3 Å². The molecule has 0 radical (unpaired) electrons. The van der Waals surface area contributed by atoms with Gasteiger partial charge >= 0.3 is 17.9 Å². The van der Waals surface area contributed by atoms with Gasteiger partial charge in [0.2, 0.25) is 0 Å². The lowest BCUT2D eigenvalue weighted by Gasteiger charge is -2.18. The van der Waals surface area contributed by atoms with Gasteiger partial charge in [0, 0.05) is 19.3 Å². The molecular formula is C67H118O6. The minimum atomic E-state index is -0.804. The molecule has 0 aromatic carbocycles. The molecule has 0 unspecified atom stereocenters. The van der Waals surface area contributed by atoms with Gasteiger partial charge in [-0.05, 0) is 83.5 Å². The third-order valence-corrected chi connectivity index (χ3v) is 13.7. The van der Waals surface area contributed by atoms with Gasteiger partial charge in [-0.3, -0.25) is 14.4 Å². The molecule has 0 aromatic heterocycles. The predicted molar refractivity (Wildman–Crippen MR) is 316 cm³/mol. The van der Waals surface area contributed by atoms with E-state index in [1.165, 1.54) is 193 Å². The molecule has 0 N–H and O–H groups in total. The van der Waals surface area contributed by atoms with Crippen molar-refractivity contribution >= 4 is 17.9 Å². The van der Waals surface area contributed by atoms with Crippen LogP contribution in [0.4, 0.5) is 0 Å². The molecule has 0 bridgehead atoms. The Labute approximate surface area is 453 Å². The molecule has 6 heteroatoms. The minimum absolute atomic E-state index is 0.0950. The summed E-state index contributed by atoms with van der Waals surface area (Å²) in [7, 11) is 0. The molecule has 0 rings (SSSR count). The van der Waals surface area contributed by atoms with Gasteiger partial charge in [0.15, 0.2) is 6.10 Å². The third kappa shape index (κ3) is 59.6. The molecule has 0 spiro atoms. The van der Waals surface area contributed by atoms with Crippen LogP contribution in [0.15, 0.2) is 72.9 Å². The van der Waals surface area contributed by atoms with Crippen molar-refractivity contribution < 1.29 is 28.6 Å². The van der Waals surface area contributed by atoms with Crippen LogP contribution in [0.2, 0.25) is 0 Å². The van der Waals surface area contributed by atoms with Crippen LogP contribution in [0.1, 0.15) is 316 Å². The number of esters is 3. The number of allylic oxidation sites excluding steroid dienone is 12. The lowest BCUT2D eigenvalue weighted by molar-refractivity contribution is -0.167. The number of hydrogen-bond acceptors (Lipinski definition) is 6. The molecule has 1 atom stereocenters. The number of rotatable bonds is 57. The van der Waals surface area contributed by atoms with Crippen LogP contribution in [0, 0.1) is 0 Å². The van der Waals surface area contributed by atoms with Crippen LogP contribution in [0.3, 0.4) is 0 Å². The lowest BCUT2D eigenvalue weighted by Crippen LogP contribution is -2.30. The molecule has 0 aliphatic carbocycles. The van der Waals surface area contributed by atoms with E-state index in [0.717, 1.165) is 77.0 Å². The molecule has 0 heterocycles. The SMILES string of the molecule is CC/C=C\C/C=C\C/C=C\C/C=C\C/C=C\CCCC(=O)O[C@H](COC(=O)CCCCCCCCCCCCC/C=C\CCCCCCCC)COC(=O)CCCCCCCCCCCCCCCCCCC. The molecule has 0 fully saturated rings. The molecule has 422 valence electrons. The van der Waals surface area contributed by atoms with Crippen molar-refractivity contribution in [1.82, 2.24) is 0 Å². The Bertz CT molecular complexity index is 1360. The summed E-state index contributed by atoms with van der Waals surface area (Å²) in [4.78, 5) is 38.3. The average Bonchev–Trinajstić information content (AvgIpc) is 3.39. The lowest BCUT2D eigenvalue weighted by atomic mass is 10.0. The predicted octanol–water partition coefficient (Wildman–Crippen LogP) is 21.3. The Hall–Kier alpha value is -3.15. The van der Waals surface area contributed by atoms with Gasteiger partial charge < -0.3 is 14.2 Å². The van der Waals surface area contributed by atoms with Crippen LogP contribution >= 0.6 is 0 Å². The van der Waals surface area contributed by atoms with Gasteiger partial charge in [-0.25, -0.2) is 0 Å². The van der Waals surface area contributed by atoms with Crippen molar-refractivity contribution in [2.75, 3.05) is 13.2 Å². The number of carbonyl (C=O) groups is 3. The summed E-state index contributed by atoms with van der Waals surface area (Å²) in [6.07, 6.45) is 79.1. The van der Waals surface area contributed by atoms with E-state index in [-0.39, 0.29) is 37.5 Å². The molecular weight excluding hydrogens is 901 g/mol. The van der Waals surface area contributed by atoms with Crippen molar-refractivity contribution in [3.63, 3.8) is 0 Å². The van der Waals surface area contributed by atoms with E-state index in [1.807, 2.05) is 0 Å². The first-order valence-electron chi connectivity index (χ1n) is 31.4. The normalized spacial score (nSPS) is 12.5. The number of carbonyl (C=O) groups excluding carboxylic acids is 3. The zero-order valence-electron chi connectivity index (χ0n) is 48.4. The smallest absolute Gasteiger partial charge is 0.306 e. The van der Waals surface area contributed by atoms with Crippen LogP contribution in [-0.2, 0) is 28.6 Å². The summed E-state index contributed by atoms with van der Waals surface area (Å²) in [6, 6.07) is 0. The minimum Gasteiger partial charge on any atom is -0.462 e. The highest BCUT2D eigenvalue weighted by Gasteiger charge is 2.19. The first kappa shape index (κ1) is 69.8. The maximum Gasteiger partial charge on any atom is 0.306 e. The maximum atomic E-state index is 12.9. The van der Waals surface area contributed by atoms with E-state index < -0.39 is 6.10 Å². The second kappa shape index (κ2) is 61.4. The molecule has 6 nitrogen and oxygen atoms in total. The Balaban J connectivity index is 4.40. The molecule has 0 aliphatic rings. The maximum absolute atomic E-state index is 12.9. The molecule has 73 heavy (non-hydrogen) atoms. The highest BCUT2D eigenvalue weighted by Crippen LogP contribution is 2.17. The molecule has 0 aromatic rings. The summed E-state index contributed by atoms with van der Waals surface area (Å²) in [5, 5.41) is 0. The topological polar surface area (TPSA) is 78.9 Å². The summed E-state index contributed by atoms with van der Waals surface area (Å²) >= 11 is 0. The Morgan fingerprint density at radius 3 is 0.890 bits per heavy atom. The highest BCUT2D eigenvalue weighted by atomic mass is 16.6. The third-order valence-electron chi connectivity index (χ3n) is 13.7. The average molecular weight is 1020 g/mol. The Morgan fingerprint density at radius 1 is 0.288 bits per heavy atom. The van der Waals surface area contributed by atoms with Gasteiger partial charge in [0.25, 0.3) is 0 Å². The van der Waals surface area contributed by atoms with Crippen LogP contribution in [-0.4, -0.2) is 37.2 Å². The van der Waals surface area contributed by atoms with Crippen LogP contribution < -0.4 is 0 Å². The monoisotopic (exact) mass is 1020 g/mol. The van der Waals surface area contributed by atoms with E-state index in [2.05, 4.69) is 93.7 Å². The first-order chi connectivity index (χ1) is 36.0. The Kier molecular flexibility index (Phi) is 58.7. The van der Waals surface area contributed by atoms with Crippen LogP contribution in [0.5, 0.6) is 0 Å². The van der Waals surface area contributed by atoms with Crippen molar-refractivity contribution in [3.8, 4) is 0 Å². The zero-order chi connectivity index (χ0) is 52.9. The molecule has 0 amide bonds. The summed E-state index contributed by atoms with van der Waals surface area (Å²) < 4.78 is 16.9. The van der Waals surface area contributed by atoms with Crippen LogP contribution in [0.25, 0.3) is 0 Å². The fourth-order valence-corrected chi connectivity index (χ4v) is 9.00. The highest BCUT2D eigenvalue weighted by molar-refractivity contribution is 5.71. The molecule has 0 saturated heterocycles. The fraction of sp³-hybridized carbons (Fsp3) is 0.776. The second-order valence-electron chi connectivity index (χ2n) is 20.9. The molecule has 0 aliphatic heterocycles. The van der Waals surface area contributed by atoms with E-state index in [4.69, 9.17) is 14.2 Å². The zero-order valence-corrected chi connectivity index (χ0v) is 48.4. The molecule has 0 saturated carbocycles. The van der Waals surface area contributed by atoms with Gasteiger partial charge in [-0.1, -0.05) is 286 Å². The summed E-state index contributed by atoms with van der Waals surface area (Å²) in [5.41, 5.74) is 0. The van der Waals surface area contributed by atoms with E-state index in [9.17, 15) is 14.4 Å². The Morgan fingerprint density at radius 2 is 0.548 bits per heavy atom. The van der Waals surface area contributed by atoms with Gasteiger partial charge in [0.1, 0.15) is 13.2 Å². The fourth-order valence-electron chi connectivity index (χ4n) is 9.00. The summed E-state index contributed by atoms with van der Waals surface area (Å²) in [5.74, 6) is -0.939. The number of ether oxygens (including phenoxy) is 3. The van der Waals surface area contributed by atoms with E-state index >= 15 is 0 Å². The van der Waals surface area contributed by atoms with Gasteiger partial charge in [0.05, 0.1) is 0 Å². The van der Waals surface area contributed by atoms with Crippen molar-refractivity contribution in [1.29, 1.82) is 0 Å². The number of unbranched alkanes of at least 4 members (excludes halogenated alkanes) is 34. The first-order valence-corrected chi connectivity index (χ1v) is 31.4. The summed E-state index contributed by atoms with van der Waals surface area (Å²) in [6.45, 7) is 6.52. The van der Waals surface area contributed by atoms with E-state index in [1.54, 1.807) is 0 Å². The second-order valence-corrected chi connectivity index (χ2v) is 20.9. The number of hydrogen-bond donors (Lipinski definition) is 0. The quantitative estimate of drug-likeness (QED) is 0.0261. The largest absolute Gasteiger partial charge is 0.462 e. The van der Waals surface area contributed by atoms with Gasteiger partial charge in [-0.2, -0.15) is 0 Å².